The topological polar surface area (TPSA) is 80.3 Å². The minimum atomic E-state index is -2.95. The number of furan rings is 2. The molecule has 20 aromatic rings. The first-order chi connectivity index (χ1) is 57.1. The van der Waals surface area contributed by atoms with Crippen LogP contribution in [-0.4, -0.2) is 16.1 Å². The molecule has 550 valence electrons. The molecule has 0 fully saturated rings. The number of para-hydroxylation sites is 6. The summed E-state index contributed by atoms with van der Waals surface area (Å²) in [5, 5.41) is 44.6. The van der Waals surface area contributed by atoms with E-state index in [4.69, 9.17) is 8.83 Å². The van der Waals surface area contributed by atoms with Gasteiger partial charge in [0.25, 0.3) is 0 Å². The lowest BCUT2D eigenvalue weighted by molar-refractivity contribution is 0.668. The van der Waals surface area contributed by atoms with E-state index in [0.717, 1.165) is 133 Å². The second-order valence-electron chi connectivity index (χ2n) is 31.0. The Bertz CT molecular complexity index is 6590. The van der Waals surface area contributed by atoms with Gasteiger partial charge in [-0.1, -0.05) is 367 Å². The van der Waals surface area contributed by atoms with Crippen molar-refractivity contribution < 1.29 is 8.83 Å². The van der Waals surface area contributed by atoms with Gasteiger partial charge in [0, 0.05) is 43.4 Å². The highest BCUT2D eigenvalue weighted by atomic mass is 28.3. The van der Waals surface area contributed by atoms with Crippen molar-refractivity contribution in [1.29, 1.82) is 10.5 Å². The highest BCUT2D eigenvalue weighted by Gasteiger charge is 2.44. The van der Waals surface area contributed by atoms with Crippen LogP contribution in [-0.2, 0) is 0 Å². The lowest BCUT2D eigenvalue weighted by Gasteiger charge is -2.35. The average Bonchev–Trinajstić information content (AvgIpc) is 0.830. The van der Waals surface area contributed by atoms with Crippen LogP contribution in [0, 0.1) is 22.7 Å². The second-order valence-corrected chi connectivity index (χ2v) is 38.6. The van der Waals surface area contributed by atoms with Gasteiger partial charge in [-0.05, 0) is 146 Å². The number of anilines is 6. The SMILES string of the molecule is CC(C)c1cc(N(c2c(C#N)cccc2-c2ccc([Si](c3ccccc3)(c3ccccc3)c3ccccc3)cc2)c2cccc3c2oc2ccccc23)c2ccc3c(C(C)C)cc(N(c4c(C#N)cccc4-c4ccc([Si](c5ccccc5)(c5ccccc5)c5ccccc5)cc4)c4cccc5c4oc4ccccc45)c4ccc1c2c34. The molecule has 6 nitrogen and oxygen atoms in total. The van der Waals surface area contributed by atoms with E-state index in [0.29, 0.717) is 22.3 Å². The molecule has 0 unspecified atom stereocenters. The van der Waals surface area contributed by atoms with E-state index in [1.54, 1.807) is 0 Å². The highest BCUT2D eigenvalue weighted by molar-refractivity contribution is 7.20. The molecule has 20 rings (SSSR count). The molecule has 116 heavy (non-hydrogen) atoms. The Morgan fingerprint density at radius 2 is 0.543 bits per heavy atom. The first-order valence-corrected chi connectivity index (χ1v) is 44.0. The molecule has 2 heterocycles. The fraction of sp³-hybridized carbons (Fsp3) is 0.0556. The summed E-state index contributed by atoms with van der Waals surface area (Å²) >= 11 is 0. The van der Waals surface area contributed by atoms with E-state index in [9.17, 15) is 10.5 Å². The van der Waals surface area contributed by atoms with Crippen molar-refractivity contribution in [2.45, 2.75) is 39.5 Å². The molecule has 0 amide bonds. The van der Waals surface area contributed by atoms with Crippen LogP contribution in [0.5, 0.6) is 0 Å². The number of hydrogen-bond acceptors (Lipinski definition) is 6. The molecule has 0 spiro atoms. The summed E-state index contributed by atoms with van der Waals surface area (Å²) in [4.78, 5) is 4.71. The standard InChI is InChI=1S/C108H78N4O2Si2/c1-71(2)95-67-99(111(97-51-29-49-91-87-45-23-25-53-101(87)113-107(91)97)105-75(69-109)31-27-47-85(105)73-55-59-83(60-56-73)115(77-33-11-5-12-34-77,78-35-13-6-14-36-78)79-37-15-7-16-38-79)93-66-64-90-96(72(3)4)68-100(94-65-63-89(95)103(93)104(90)94)112(98-52-30-50-92-88-46-24-26-54-102(88)114-108(92)98)106-76(70-110)32-28-48-86(106)74-57-61-84(62-58-74)116(80-39-17-8-18-40-80,81-41-19-9-20-42-81)82-43-21-10-22-44-82/h5-68,71-72H,1-4H3. The Labute approximate surface area is 676 Å². The van der Waals surface area contributed by atoms with Crippen molar-refractivity contribution in [3.63, 3.8) is 0 Å². The summed E-state index contributed by atoms with van der Waals surface area (Å²) in [6, 6.07) is 146. The number of nitriles is 2. The zero-order valence-electron chi connectivity index (χ0n) is 64.7. The predicted molar refractivity (Wildman–Crippen MR) is 490 cm³/mol. The van der Waals surface area contributed by atoms with E-state index >= 15 is 0 Å². The molecular formula is C108H78N4O2Si2. The third kappa shape index (κ3) is 11.2. The molecule has 2 aromatic heterocycles. The largest absolute Gasteiger partial charge is 0.454 e. The molecule has 0 radical (unpaired) electrons. The molecule has 0 N–H and O–H groups in total. The van der Waals surface area contributed by atoms with Crippen LogP contribution in [0.3, 0.4) is 0 Å². The first kappa shape index (κ1) is 70.7. The van der Waals surface area contributed by atoms with Crippen LogP contribution in [0.15, 0.2) is 397 Å². The van der Waals surface area contributed by atoms with Gasteiger partial charge in [0.15, 0.2) is 27.3 Å². The molecule has 0 aliphatic carbocycles. The molecule has 0 aliphatic heterocycles. The Kier molecular flexibility index (Phi) is 17.7. The zero-order chi connectivity index (χ0) is 78.2. The summed E-state index contributed by atoms with van der Waals surface area (Å²) < 4.78 is 14.4. The quantitative estimate of drug-likeness (QED) is 0.0484. The van der Waals surface area contributed by atoms with Crippen LogP contribution in [0.25, 0.3) is 98.4 Å². The normalized spacial score (nSPS) is 11.9. The maximum atomic E-state index is 12.0. The van der Waals surface area contributed by atoms with Gasteiger partial charge in [-0.3, -0.25) is 0 Å². The summed E-state index contributed by atoms with van der Waals surface area (Å²) in [6.45, 7) is 9.17. The van der Waals surface area contributed by atoms with Crippen molar-refractivity contribution in [3.8, 4) is 34.4 Å². The van der Waals surface area contributed by atoms with Crippen molar-refractivity contribution in [3.05, 3.63) is 411 Å². The number of benzene rings is 18. The second kappa shape index (κ2) is 29.0. The number of nitrogens with zero attached hydrogens (tertiary/aromatic N) is 4. The lowest BCUT2D eigenvalue weighted by Crippen LogP contribution is -2.74. The van der Waals surface area contributed by atoms with Gasteiger partial charge in [-0.25, -0.2) is 0 Å². The number of fused-ring (bicyclic) bond motifs is 6. The molecule has 18 aromatic carbocycles. The summed E-state index contributed by atoms with van der Waals surface area (Å²) in [5.41, 5.74) is 14.8. The monoisotopic (exact) mass is 1520 g/mol. The molecule has 0 saturated carbocycles. The van der Waals surface area contributed by atoms with Gasteiger partial charge in [-0.2, -0.15) is 10.5 Å². The summed E-state index contributed by atoms with van der Waals surface area (Å²) in [6.07, 6.45) is 0. The van der Waals surface area contributed by atoms with E-state index in [-0.39, 0.29) is 11.8 Å². The summed E-state index contributed by atoms with van der Waals surface area (Å²) in [5.74, 6) is 0.0412. The van der Waals surface area contributed by atoms with Gasteiger partial charge in [0.05, 0.1) is 45.3 Å². The van der Waals surface area contributed by atoms with Crippen molar-refractivity contribution in [1.82, 2.24) is 0 Å². The van der Waals surface area contributed by atoms with Gasteiger partial charge in [0.1, 0.15) is 23.3 Å². The van der Waals surface area contributed by atoms with Crippen molar-refractivity contribution >= 4 is 168 Å². The van der Waals surface area contributed by atoms with Gasteiger partial charge < -0.3 is 18.6 Å². The van der Waals surface area contributed by atoms with Crippen molar-refractivity contribution in [2.24, 2.45) is 0 Å². The van der Waals surface area contributed by atoms with Gasteiger partial charge >= 0.3 is 0 Å². The molecule has 0 saturated heterocycles. The highest BCUT2D eigenvalue weighted by Crippen LogP contribution is 2.56. The van der Waals surface area contributed by atoms with Gasteiger partial charge in [0.2, 0.25) is 0 Å². The average molecular weight is 1520 g/mol. The molecule has 0 atom stereocenters. The van der Waals surface area contributed by atoms with Crippen LogP contribution >= 0.6 is 0 Å². The minimum absolute atomic E-state index is 0.0206. The van der Waals surface area contributed by atoms with Crippen LogP contribution in [0.1, 0.15) is 61.8 Å². The molecular weight excluding hydrogens is 1440 g/mol. The van der Waals surface area contributed by atoms with Crippen LogP contribution < -0.4 is 51.3 Å². The molecule has 8 heteroatoms. The molecule has 0 aliphatic rings. The smallest absolute Gasteiger partial charge is 0.179 e. The Morgan fingerprint density at radius 3 is 0.862 bits per heavy atom. The van der Waals surface area contributed by atoms with E-state index < -0.39 is 16.1 Å². The Morgan fingerprint density at radius 1 is 0.259 bits per heavy atom. The minimum Gasteiger partial charge on any atom is -0.454 e. The van der Waals surface area contributed by atoms with Crippen molar-refractivity contribution in [2.75, 3.05) is 9.80 Å². The number of rotatable bonds is 18. The summed E-state index contributed by atoms with van der Waals surface area (Å²) in [7, 11) is -5.90. The van der Waals surface area contributed by atoms with Crippen LogP contribution in [0.2, 0.25) is 0 Å². The molecule has 0 bridgehead atoms. The maximum Gasteiger partial charge on any atom is 0.179 e. The predicted octanol–water partition coefficient (Wildman–Crippen LogP) is 23.4. The fourth-order valence-electron chi connectivity index (χ4n) is 19.0. The first-order valence-electron chi connectivity index (χ1n) is 40.0. The van der Waals surface area contributed by atoms with E-state index in [1.165, 1.54) is 41.5 Å². The fourth-order valence-corrected chi connectivity index (χ4v) is 28.5. The van der Waals surface area contributed by atoms with Crippen LogP contribution in [0.4, 0.5) is 34.1 Å². The Balaban J connectivity index is 0.852. The Hall–Kier alpha value is -14.4. The van der Waals surface area contributed by atoms with Gasteiger partial charge in [-0.15, -0.1) is 0 Å². The van der Waals surface area contributed by atoms with E-state index in [2.05, 4.69) is 389 Å². The third-order valence-electron chi connectivity index (χ3n) is 24.2. The van der Waals surface area contributed by atoms with E-state index in [1.807, 2.05) is 48.5 Å². The maximum absolute atomic E-state index is 12.0. The lowest BCUT2D eigenvalue weighted by atomic mass is 9.83. The third-order valence-corrected chi connectivity index (χ3v) is 33.7. The zero-order valence-corrected chi connectivity index (χ0v) is 66.7. The number of hydrogen-bond donors (Lipinski definition) is 0.